The van der Waals surface area contributed by atoms with Crippen LogP contribution in [0.1, 0.15) is 22.3 Å². The maximum atomic E-state index is 12.3. The van der Waals surface area contributed by atoms with Gasteiger partial charge >= 0.3 is 0 Å². The monoisotopic (exact) mass is 223 g/mol. The minimum Gasteiger partial charge on any atom is -0.287 e. The molecule has 0 amide bonds. The summed E-state index contributed by atoms with van der Waals surface area (Å²) in [4.78, 5) is 16.6. The van der Waals surface area contributed by atoms with E-state index in [1.165, 1.54) is 0 Å². The minimum absolute atomic E-state index is 0.0465. The molecule has 1 atom stereocenters. The van der Waals surface area contributed by atoms with Crippen LogP contribution >= 0.6 is 0 Å². The fourth-order valence-corrected chi connectivity index (χ4v) is 2.35. The summed E-state index contributed by atoms with van der Waals surface area (Å²) in [5.41, 5.74) is 2.52. The zero-order chi connectivity index (χ0) is 11.7. The molecule has 3 rings (SSSR count). The van der Waals surface area contributed by atoms with Crippen LogP contribution in [0.25, 0.3) is 0 Å². The standard InChI is InChI=1S/C15H13NO/c17-15-13-6-2-1-5-12(13)8-7-11-4-3-9-16-14(15)10-11/h1-6,9-11H,7-8H2. The Morgan fingerprint density at radius 3 is 3.06 bits per heavy atom. The van der Waals surface area contributed by atoms with E-state index in [1.807, 2.05) is 36.4 Å². The Bertz CT molecular complexity index is 552. The zero-order valence-electron chi connectivity index (χ0n) is 9.47. The van der Waals surface area contributed by atoms with Crippen molar-refractivity contribution in [3.8, 4) is 0 Å². The summed E-state index contributed by atoms with van der Waals surface area (Å²) in [6.07, 6.45) is 9.71. The molecule has 0 fully saturated rings. The summed E-state index contributed by atoms with van der Waals surface area (Å²) in [5, 5.41) is 0. The number of hydrogen-bond donors (Lipinski definition) is 0. The zero-order valence-corrected chi connectivity index (χ0v) is 9.47. The molecule has 1 unspecified atom stereocenters. The molecule has 84 valence electrons. The number of Topliss-reactive ketones (excluding diaryl/α,β-unsaturated/α-hetero) is 1. The highest BCUT2D eigenvalue weighted by Gasteiger charge is 2.20. The Hall–Kier alpha value is -1.96. The molecular weight excluding hydrogens is 210 g/mol. The summed E-state index contributed by atoms with van der Waals surface area (Å²) in [6, 6.07) is 7.84. The highest BCUT2D eigenvalue weighted by atomic mass is 16.1. The lowest BCUT2D eigenvalue weighted by Gasteiger charge is -2.15. The Morgan fingerprint density at radius 2 is 2.12 bits per heavy atom. The first-order valence-corrected chi connectivity index (χ1v) is 5.90. The van der Waals surface area contributed by atoms with Gasteiger partial charge in [-0.3, -0.25) is 9.79 Å². The molecular formula is C15H13NO. The Morgan fingerprint density at radius 1 is 1.24 bits per heavy atom. The van der Waals surface area contributed by atoms with Gasteiger partial charge in [0.25, 0.3) is 0 Å². The Kier molecular flexibility index (Phi) is 2.48. The number of nitrogens with zero attached hydrogens (tertiary/aromatic N) is 1. The minimum atomic E-state index is 0.0465. The fourth-order valence-electron chi connectivity index (χ4n) is 2.35. The number of fused-ring (bicyclic) bond motifs is 2. The second-order valence-corrected chi connectivity index (χ2v) is 4.40. The van der Waals surface area contributed by atoms with Crippen molar-refractivity contribution in [2.24, 2.45) is 10.9 Å². The van der Waals surface area contributed by atoms with Gasteiger partial charge in [0.15, 0.2) is 0 Å². The number of aryl methyl sites for hydroxylation is 1. The van der Waals surface area contributed by atoms with Gasteiger partial charge in [0.05, 0.1) is 0 Å². The molecule has 2 bridgehead atoms. The molecule has 1 aromatic carbocycles. The SMILES string of the molecule is O=C1C2=CC(C=CC=N2)CCc2ccccc21. The summed E-state index contributed by atoms with van der Waals surface area (Å²) in [5.74, 6) is 0.370. The van der Waals surface area contributed by atoms with Crippen molar-refractivity contribution in [3.63, 3.8) is 0 Å². The van der Waals surface area contributed by atoms with E-state index >= 15 is 0 Å². The predicted octanol–water partition coefficient (Wildman–Crippen LogP) is 2.96. The molecule has 1 heterocycles. The summed E-state index contributed by atoms with van der Waals surface area (Å²) >= 11 is 0. The second-order valence-electron chi connectivity index (χ2n) is 4.40. The van der Waals surface area contributed by atoms with Gasteiger partial charge in [-0.15, -0.1) is 0 Å². The van der Waals surface area contributed by atoms with E-state index in [-0.39, 0.29) is 5.78 Å². The normalized spacial score (nSPS) is 22.2. The number of carbonyl (C=O) groups excluding carboxylic acids is 1. The van der Waals surface area contributed by atoms with Gasteiger partial charge in [0.1, 0.15) is 5.70 Å². The Labute approximate surface area is 100 Å². The molecule has 1 aromatic rings. The molecule has 0 saturated carbocycles. The van der Waals surface area contributed by atoms with Crippen molar-refractivity contribution >= 4 is 12.0 Å². The van der Waals surface area contributed by atoms with Crippen LogP contribution in [0.4, 0.5) is 0 Å². The molecule has 1 aliphatic carbocycles. The average molecular weight is 223 g/mol. The number of benzene rings is 1. The van der Waals surface area contributed by atoms with Gasteiger partial charge in [-0.05, 0) is 36.5 Å². The number of allylic oxidation sites excluding steroid dienone is 4. The van der Waals surface area contributed by atoms with Crippen molar-refractivity contribution in [1.82, 2.24) is 0 Å². The molecule has 0 N–H and O–H groups in total. The van der Waals surface area contributed by atoms with Crippen molar-refractivity contribution < 1.29 is 4.79 Å². The maximum absolute atomic E-state index is 12.3. The largest absolute Gasteiger partial charge is 0.287 e. The highest BCUT2D eigenvalue weighted by Crippen LogP contribution is 2.25. The summed E-state index contributed by atoms with van der Waals surface area (Å²) < 4.78 is 0. The van der Waals surface area contributed by atoms with Crippen LogP contribution in [-0.2, 0) is 6.42 Å². The first-order valence-electron chi connectivity index (χ1n) is 5.90. The third-order valence-corrected chi connectivity index (χ3v) is 3.27. The molecule has 17 heavy (non-hydrogen) atoms. The molecule has 2 aliphatic rings. The number of hydrogen-bond acceptors (Lipinski definition) is 2. The number of ketones is 1. The highest BCUT2D eigenvalue weighted by molar-refractivity contribution is 6.10. The van der Waals surface area contributed by atoms with Gasteiger partial charge in [-0.25, -0.2) is 0 Å². The van der Waals surface area contributed by atoms with Crippen LogP contribution in [0.15, 0.2) is 53.2 Å². The van der Waals surface area contributed by atoms with Crippen LogP contribution in [0.5, 0.6) is 0 Å². The number of aliphatic imine (C=N–C) groups is 1. The van der Waals surface area contributed by atoms with Gasteiger partial charge in [0, 0.05) is 11.8 Å². The van der Waals surface area contributed by atoms with Crippen molar-refractivity contribution in [2.75, 3.05) is 0 Å². The topological polar surface area (TPSA) is 29.4 Å². The van der Waals surface area contributed by atoms with Crippen LogP contribution in [0.3, 0.4) is 0 Å². The Balaban J connectivity index is 2.12. The van der Waals surface area contributed by atoms with E-state index in [0.29, 0.717) is 11.6 Å². The summed E-state index contributed by atoms with van der Waals surface area (Å²) in [6.45, 7) is 0. The van der Waals surface area contributed by atoms with E-state index in [4.69, 9.17) is 0 Å². The van der Waals surface area contributed by atoms with Crippen LogP contribution < -0.4 is 0 Å². The molecule has 0 spiro atoms. The average Bonchev–Trinajstić information content (AvgIpc) is 2.61. The quantitative estimate of drug-likeness (QED) is 0.665. The van der Waals surface area contributed by atoms with Gasteiger partial charge in [-0.2, -0.15) is 0 Å². The smallest absolute Gasteiger partial charge is 0.211 e. The lowest BCUT2D eigenvalue weighted by atomic mass is 9.90. The third kappa shape index (κ3) is 1.86. The summed E-state index contributed by atoms with van der Waals surface area (Å²) in [7, 11) is 0. The van der Waals surface area contributed by atoms with Gasteiger partial charge in [0.2, 0.25) is 5.78 Å². The second kappa shape index (κ2) is 4.13. The fraction of sp³-hybridized carbons (Fsp3) is 0.200. The van der Waals surface area contributed by atoms with E-state index < -0.39 is 0 Å². The van der Waals surface area contributed by atoms with E-state index in [2.05, 4.69) is 11.1 Å². The van der Waals surface area contributed by atoms with Gasteiger partial charge in [-0.1, -0.05) is 30.3 Å². The number of carbonyl (C=O) groups is 1. The molecule has 2 heteroatoms. The van der Waals surface area contributed by atoms with E-state index in [1.54, 1.807) is 6.21 Å². The van der Waals surface area contributed by atoms with Crippen molar-refractivity contribution in [3.05, 3.63) is 59.3 Å². The van der Waals surface area contributed by atoms with Gasteiger partial charge < -0.3 is 0 Å². The first kappa shape index (κ1) is 10.2. The van der Waals surface area contributed by atoms with Crippen LogP contribution in [0.2, 0.25) is 0 Å². The van der Waals surface area contributed by atoms with Crippen molar-refractivity contribution in [2.45, 2.75) is 12.8 Å². The predicted molar refractivity (Wildman–Crippen MR) is 68.3 cm³/mol. The molecule has 0 aromatic heterocycles. The molecule has 2 nitrogen and oxygen atoms in total. The lowest BCUT2D eigenvalue weighted by molar-refractivity contribution is 0.103. The van der Waals surface area contributed by atoms with Crippen molar-refractivity contribution in [1.29, 1.82) is 0 Å². The maximum Gasteiger partial charge on any atom is 0.211 e. The number of rotatable bonds is 0. The lowest BCUT2D eigenvalue weighted by Crippen LogP contribution is -2.11. The molecule has 1 aliphatic heterocycles. The third-order valence-electron chi connectivity index (χ3n) is 3.27. The molecule has 0 radical (unpaired) electrons. The van der Waals surface area contributed by atoms with E-state index in [9.17, 15) is 4.79 Å². The first-order chi connectivity index (χ1) is 8.34. The van der Waals surface area contributed by atoms with Crippen LogP contribution in [0, 0.1) is 5.92 Å². The molecule has 0 saturated heterocycles. The van der Waals surface area contributed by atoms with E-state index in [0.717, 1.165) is 24.0 Å². The van der Waals surface area contributed by atoms with Crippen LogP contribution in [-0.4, -0.2) is 12.0 Å².